The number of benzene rings is 2. The van der Waals surface area contributed by atoms with Crippen molar-refractivity contribution in [3.63, 3.8) is 0 Å². The Morgan fingerprint density at radius 1 is 1.00 bits per heavy atom. The Morgan fingerprint density at radius 2 is 1.61 bits per heavy atom. The summed E-state index contributed by atoms with van der Waals surface area (Å²) < 4.78 is 45.7. The Morgan fingerprint density at radius 3 is 2.19 bits per heavy atom. The van der Waals surface area contributed by atoms with E-state index < -0.39 is 40.4 Å². The van der Waals surface area contributed by atoms with E-state index in [9.17, 15) is 18.0 Å². The fraction of sp³-hybridized carbons (Fsp3) is 0.364. The molecule has 0 fully saturated rings. The first-order valence-corrected chi connectivity index (χ1v) is 11.1. The summed E-state index contributed by atoms with van der Waals surface area (Å²) in [7, 11) is -4.22. The first-order valence-electron chi connectivity index (χ1n) is 9.64. The van der Waals surface area contributed by atoms with Crippen LogP contribution in [0.25, 0.3) is 0 Å². The van der Waals surface area contributed by atoms with Crippen LogP contribution in [0, 0.1) is 12.3 Å². The molecule has 31 heavy (non-hydrogen) atoms. The summed E-state index contributed by atoms with van der Waals surface area (Å²) in [5.74, 6) is -1.54. The van der Waals surface area contributed by atoms with Crippen LogP contribution in [0.5, 0.6) is 5.75 Å². The highest BCUT2D eigenvalue weighted by atomic mass is 32.2. The summed E-state index contributed by atoms with van der Waals surface area (Å²) in [5.41, 5.74) is -1.16. The van der Waals surface area contributed by atoms with Crippen LogP contribution in [0.4, 0.5) is 0 Å². The van der Waals surface area contributed by atoms with E-state index in [1.54, 1.807) is 49.4 Å². The molecule has 168 valence electrons. The van der Waals surface area contributed by atoms with Gasteiger partial charge >= 0.3 is 11.9 Å². The topological polar surface area (TPSA) is 105 Å². The van der Waals surface area contributed by atoms with Gasteiger partial charge in [0.05, 0.1) is 18.1 Å². The summed E-state index contributed by atoms with van der Waals surface area (Å²) in [6.07, 6.45) is -1.04. The second kappa shape index (κ2) is 10.4. The van der Waals surface area contributed by atoms with Crippen LogP contribution in [0.15, 0.2) is 59.5 Å². The normalized spacial score (nSPS) is 14.2. The fourth-order valence-electron chi connectivity index (χ4n) is 2.46. The van der Waals surface area contributed by atoms with Gasteiger partial charge < -0.3 is 14.2 Å². The molecule has 0 aliphatic rings. The molecule has 0 bridgehead atoms. The lowest BCUT2D eigenvalue weighted by Gasteiger charge is -2.26. The third kappa shape index (κ3) is 6.53. The standard InChI is InChI=1S/C22H26O8S/c1-5-27-20(23)22(4,15-28-31(25,26)19-13-11-16(2)12-14-19)21(24)30-17(3)29-18-9-7-6-8-10-18/h6-14,17H,5,15H2,1-4H3. The lowest BCUT2D eigenvalue weighted by molar-refractivity contribution is -0.184. The number of rotatable bonds is 10. The van der Waals surface area contributed by atoms with E-state index in [1.807, 2.05) is 6.92 Å². The van der Waals surface area contributed by atoms with Gasteiger partial charge in [-0.3, -0.25) is 13.8 Å². The van der Waals surface area contributed by atoms with Crippen molar-refractivity contribution in [3.8, 4) is 5.75 Å². The second-order valence-electron chi connectivity index (χ2n) is 6.99. The van der Waals surface area contributed by atoms with Crippen molar-refractivity contribution in [2.24, 2.45) is 5.41 Å². The zero-order chi connectivity index (χ0) is 23.1. The van der Waals surface area contributed by atoms with Crippen LogP contribution in [0.2, 0.25) is 0 Å². The minimum atomic E-state index is -4.22. The number of carbonyl (C=O) groups excluding carboxylic acids is 2. The molecule has 0 spiro atoms. The Hall–Kier alpha value is -2.91. The summed E-state index contributed by atoms with van der Waals surface area (Å²) in [4.78, 5) is 25.2. The SMILES string of the molecule is CCOC(=O)C(C)(COS(=O)(=O)c1ccc(C)cc1)C(=O)OC(C)Oc1ccccc1. The molecule has 2 rings (SSSR count). The number of hydrogen-bond donors (Lipinski definition) is 0. The summed E-state index contributed by atoms with van der Waals surface area (Å²) in [5, 5.41) is 0. The number of ether oxygens (including phenoxy) is 3. The van der Waals surface area contributed by atoms with Crippen molar-refractivity contribution < 1.29 is 36.4 Å². The average Bonchev–Trinajstić information content (AvgIpc) is 2.73. The van der Waals surface area contributed by atoms with Gasteiger partial charge in [0.1, 0.15) is 5.75 Å². The molecule has 9 heteroatoms. The van der Waals surface area contributed by atoms with Gasteiger partial charge in [-0.05, 0) is 45.0 Å². The molecular formula is C22H26O8S. The molecule has 0 amide bonds. The molecule has 0 aliphatic carbocycles. The van der Waals surface area contributed by atoms with Gasteiger partial charge in [0, 0.05) is 6.92 Å². The van der Waals surface area contributed by atoms with E-state index >= 15 is 0 Å². The molecule has 2 aromatic rings. The van der Waals surface area contributed by atoms with Crippen LogP contribution in [-0.4, -0.2) is 39.9 Å². The Bertz CT molecular complexity index is 986. The van der Waals surface area contributed by atoms with Gasteiger partial charge in [0.25, 0.3) is 10.1 Å². The molecule has 8 nitrogen and oxygen atoms in total. The number of para-hydroxylation sites is 1. The largest absolute Gasteiger partial charge is 0.465 e. The molecular weight excluding hydrogens is 424 g/mol. The summed E-state index contributed by atoms with van der Waals surface area (Å²) >= 11 is 0. The minimum absolute atomic E-state index is 0.0114. The van der Waals surface area contributed by atoms with Gasteiger partial charge in [-0.1, -0.05) is 35.9 Å². The number of esters is 2. The monoisotopic (exact) mass is 450 g/mol. The second-order valence-corrected chi connectivity index (χ2v) is 8.60. The number of carbonyl (C=O) groups is 2. The van der Waals surface area contributed by atoms with Crippen molar-refractivity contribution in [3.05, 3.63) is 60.2 Å². The molecule has 0 aromatic heterocycles. The summed E-state index contributed by atoms with van der Waals surface area (Å²) in [6, 6.07) is 14.6. The van der Waals surface area contributed by atoms with Crippen LogP contribution in [0.1, 0.15) is 26.3 Å². The predicted molar refractivity (Wildman–Crippen MR) is 112 cm³/mol. The zero-order valence-corrected chi connectivity index (χ0v) is 18.7. The molecule has 2 atom stereocenters. The van der Waals surface area contributed by atoms with Crippen LogP contribution < -0.4 is 4.74 Å². The maximum atomic E-state index is 12.8. The Kier molecular flexibility index (Phi) is 8.18. The molecule has 2 aromatic carbocycles. The smallest absolute Gasteiger partial charge is 0.328 e. The third-order valence-corrected chi connectivity index (χ3v) is 5.58. The Balaban J connectivity index is 2.15. The number of hydrogen-bond acceptors (Lipinski definition) is 8. The van der Waals surface area contributed by atoms with Crippen molar-refractivity contribution in [2.75, 3.05) is 13.2 Å². The van der Waals surface area contributed by atoms with E-state index in [2.05, 4.69) is 0 Å². The third-order valence-electron chi connectivity index (χ3n) is 4.31. The minimum Gasteiger partial charge on any atom is -0.465 e. The van der Waals surface area contributed by atoms with Crippen molar-refractivity contribution >= 4 is 22.1 Å². The van der Waals surface area contributed by atoms with Gasteiger partial charge in [-0.15, -0.1) is 0 Å². The first-order chi connectivity index (χ1) is 14.6. The lowest BCUT2D eigenvalue weighted by Crippen LogP contribution is -2.45. The highest BCUT2D eigenvalue weighted by molar-refractivity contribution is 7.86. The van der Waals surface area contributed by atoms with Crippen molar-refractivity contribution in [1.82, 2.24) is 0 Å². The van der Waals surface area contributed by atoms with Crippen molar-refractivity contribution in [2.45, 2.75) is 38.9 Å². The lowest BCUT2D eigenvalue weighted by atomic mass is 9.92. The highest BCUT2D eigenvalue weighted by Gasteiger charge is 2.47. The van der Waals surface area contributed by atoms with Gasteiger partial charge in [-0.25, -0.2) is 0 Å². The van der Waals surface area contributed by atoms with E-state index in [4.69, 9.17) is 18.4 Å². The zero-order valence-electron chi connectivity index (χ0n) is 17.9. The average molecular weight is 451 g/mol. The molecule has 0 heterocycles. The molecule has 0 radical (unpaired) electrons. The van der Waals surface area contributed by atoms with Gasteiger partial charge in [-0.2, -0.15) is 8.42 Å². The van der Waals surface area contributed by atoms with E-state index in [0.717, 1.165) is 5.56 Å². The van der Waals surface area contributed by atoms with Gasteiger partial charge in [0.15, 0.2) is 5.41 Å². The molecule has 0 saturated carbocycles. The molecule has 2 unspecified atom stereocenters. The quantitative estimate of drug-likeness (QED) is 0.235. The summed E-state index contributed by atoms with van der Waals surface area (Å²) in [6.45, 7) is 5.24. The van der Waals surface area contributed by atoms with E-state index in [0.29, 0.717) is 5.75 Å². The van der Waals surface area contributed by atoms with E-state index in [1.165, 1.54) is 26.0 Å². The maximum absolute atomic E-state index is 12.8. The van der Waals surface area contributed by atoms with Crippen molar-refractivity contribution in [1.29, 1.82) is 0 Å². The highest BCUT2D eigenvalue weighted by Crippen LogP contribution is 2.26. The van der Waals surface area contributed by atoms with Crippen LogP contribution in [-0.2, 0) is 33.4 Å². The van der Waals surface area contributed by atoms with Gasteiger partial charge in [0.2, 0.25) is 6.29 Å². The molecule has 0 saturated heterocycles. The van der Waals surface area contributed by atoms with Crippen LogP contribution in [0.3, 0.4) is 0 Å². The number of aryl methyl sites for hydroxylation is 1. The fourth-order valence-corrected chi connectivity index (χ4v) is 3.45. The van der Waals surface area contributed by atoms with E-state index in [-0.39, 0.29) is 11.5 Å². The molecule has 0 N–H and O–H groups in total. The predicted octanol–water partition coefficient (Wildman–Crippen LogP) is 3.24. The molecule has 0 aliphatic heterocycles. The first kappa shape index (κ1) is 24.4. The van der Waals surface area contributed by atoms with Crippen LogP contribution >= 0.6 is 0 Å². The maximum Gasteiger partial charge on any atom is 0.328 e. The Labute approximate surface area is 182 Å².